The number of aromatic nitrogens is 2. The number of halogens is 1. The maximum atomic E-state index is 12.0. The molecule has 1 saturated carbocycles. The van der Waals surface area contributed by atoms with Crippen LogP contribution in [0.4, 0.5) is 5.69 Å². The number of carbonyl (C=O) groups excluding carboxylic acids is 1. The predicted octanol–water partition coefficient (Wildman–Crippen LogP) is 1.67. The van der Waals surface area contributed by atoms with E-state index in [2.05, 4.69) is 22.1 Å². The quantitative estimate of drug-likeness (QED) is 0.809. The average molecular weight is 300 g/mol. The van der Waals surface area contributed by atoms with Crippen LogP contribution >= 0.6 is 11.6 Å². The number of methoxy groups -OCH3 is 1. The minimum absolute atomic E-state index is 0.0612. The highest BCUT2D eigenvalue weighted by atomic mass is 35.5. The molecule has 0 amide bonds. The smallest absolute Gasteiger partial charge is 0.327 e. The van der Waals surface area contributed by atoms with E-state index in [1.54, 1.807) is 0 Å². The van der Waals surface area contributed by atoms with Crippen LogP contribution in [0.15, 0.2) is 11.0 Å². The summed E-state index contributed by atoms with van der Waals surface area (Å²) in [5.74, 6) is 0.107. The summed E-state index contributed by atoms with van der Waals surface area (Å²) in [6, 6.07) is 0.366. The van der Waals surface area contributed by atoms with Crippen molar-refractivity contribution in [3.63, 3.8) is 0 Å². The Kier molecular flexibility index (Phi) is 4.65. The zero-order chi connectivity index (χ0) is 14.7. The molecule has 7 heteroatoms. The van der Waals surface area contributed by atoms with Crippen molar-refractivity contribution in [1.82, 2.24) is 9.78 Å². The normalized spacial score (nSPS) is 20.6. The van der Waals surface area contributed by atoms with E-state index < -0.39 is 11.5 Å². The molecule has 0 radical (unpaired) electrons. The van der Waals surface area contributed by atoms with E-state index in [1.165, 1.54) is 19.7 Å². The number of hydrogen-bond donors (Lipinski definition) is 1. The Labute approximate surface area is 122 Å². The van der Waals surface area contributed by atoms with Crippen LogP contribution in [0, 0.1) is 5.92 Å². The van der Waals surface area contributed by atoms with Gasteiger partial charge in [0.1, 0.15) is 11.6 Å². The first kappa shape index (κ1) is 14.8. The fourth-order valence-electron chi connectivity index (χ4n) is 2.18. The largest absolute Gasteiger partial charge is 0.468 e. The Balaban J connectivity index is 2.07. The number of anilines is 1. The van der Waals surface area contributed by atoms with E-state index in [0.717, 1.165) is 17.5 Å². The van der Waals surface area contributed by atoms with Gasteiger partial charge in [-0.1, -0.05) is 24.9 Å². The maximum Gasteiger partial charge on any atom is 0.327 e. The van der Waals surface area contributed by atoms with E-state index in [9.17, 15) is 9.59 Å². The Morgan fingerprint density at radius 1 is 1.65 bits per heavy atom. The summed E-state index contributed by atoms with van der Waals surface area (Å²) >= 11 is 6.03. The van der Waals surface area contributed by atoms with Gasteiger partial charge in [-0.15, -0.1) is 0 Å². The SMILES string of the molecule is CCCC1CC1Nc1cnn(CC(=O)OC)c(=O)c1Cl. The van der Waals surface area contributed by atoms with Gasteiger partial charge < -0.3 is 10.1 Å². The van der Waals surface area contributed by atoms with Crippen LogP contribution in [0.5, 0.6) is 0 Å². The van der Waals surface area contributed by atoms with Gasteiger partial charge in [0, 0.05) is 6.04 Å². The number of nitrogens with zero attached hydrogens (tertiary/aromatic N) is 2. The van der Waals surface area contributed by atoms with Gasteiger partial charge in [0.2, 0.25) is 0 Å². The van der Waals surface area contributed by atoms with Crippen LogP contribution in [-0.4, -0.2) is 28.9 Å². The molecule has 2 rings (SSSR count). The van der Waals surface area contributed by atoms with Crippen molar-refractivity contribution in [3.05, 3.63) is 21.6 Å². The van der Waals surface area contributed by atoms with Crippen molar-refractivity contribution in [1.29, 1.82) is 0 Å². The Hall–Kier alpha value is -1.56. The number of esters is 1. The van der Waals surface area contributed by atoms with Crippen LogP contribution in [-0.2, 0) is 16.1 Å². The van der Waals surface area contributed by atoms with Crippen molar-refractivity contribution in [2.45, 2.75) is 38.8 Å². The molecule has 1 aliphatic rings. The van der Waals surface area contributed by atoms with Crippen molar-refractivity contribution in [2.75, 3.05) is 12.4 Å². The second-order valence-electron chi connectivity index (χ2n) is 4.95. The molecule has 0 aliphatic heterocycles. The highest BCUT2D eigenvalue weighted by Crippen LogP contribution is 2.37. The summed E-state index contributed by atoms with van der Waals surface area (Å²) in [4.78, 5) is 23.1. The van der Waals surface area contributed by atoms with Crippen molar-refractivity contribution < 1.29 is 9.53 Å². The molecule has 0 spiro atoms. The first-order chi connectivity index (χ1) is 9.56. The molecule has 20 heavy (non-hydrogen) atoms. The second-order valence-corrected chi connectivity index (χ2v) is 5.32. The van der Waals surface area contributed by atoms with Crippen molar-refractivity contribution in [2.24, 2.45) is 5.92 Å². The molecule has 2 atom stereocenters. The third kappa shape index (κ3) is 3.30. The molecular formula is C13H18ClN3O3. The summed E-state index contributed by atoms with van der Waals surface area (Å²) in [6.07, 6.45) is 4.89. The van der Waals surface area contributed by atoms with E-state index >= 15 is 0 Å². The summed E-state index contributed by atoms with van der Waals surface area (Å²) < 4.78 is 5.49. The molecule has 0 bridgehead atoms. The number of carbonyl (C=O) groups is 1. The summed E-state index contributed by atoms with van der Waals surface area (Å²) in [7, 11) is 1.26. The molecule has 6 nitrogen and oxygen atoms in total. The third-order valence-corrected chi connectivity index (χ3v) is 3.78. The van der Waals surface area contributed by atoms with Gasteiger partial charge in [-0.2, -0.15) is 5.10 Å². The minimum Gasteiger partial charge on any atom is -0.468 e. The topological polar surface area (TPSA) is 73.2 Å². The Morgan fingerprint density at radius 2 is 2.40 bits per heavy atom. The van der Waals surface area contributed by atoms with E-state index in [4.69, 9.17) is 11.6 Å². The number of rotatable bonds is 6. The van der Waals surface area contributed by atoms with Gasteiger partial charge in [0.05, 0.1) is 19.0 Å². The molecule has 1 fully saturated rings. The zero-order valence-electron chi connectivity index (χ0n) is 11.6. The van der Waals surface area contributed by atoms with Crippen molar-refractivity contribution in [3.8, 4) is 0 Å². The van der Waals surface area contributed by atoms with Gasteiger partial charge in [0.15, 0.2) is 0 Å². The van der Waals surface area contributed by atoms with Gasteiger partial charge in [-0.05, 0) is 18.8 Å². The standard InChI is InChI=1S/C13H18ClN3O3/c1-3-4-8-5-9(8)16-10-6-15-17(7-11(18)20-2)13(19)12(10)14/h6,8-9,16H,3-5,7H2,1-2H3. The summed E-state index contributed by atoms with van der Waals surface area (Å²) in [5.41, 5.74) is 0.0381. The lowest BCUT2D eigenvalue weighted by molar-refractivity contribution is -0.141. The van der Waals surface area contributed by atoms with Gasteiger partial charge >= 0.3 is 5.97 Å². The van der Waals surface area contributed by atoms with Crippen LogP contribution < -0.4 is 10.9 Å². The summed E-state index contributed by atoms with van der Waals surface area (Å²) in [6.45, 7) is 1.91. The van der Waals surface area contributed by atoms with Gasteiger partial charge in [0.25, 0.3) is 5.56 Å². The molecule has 1 aromatic rings. The lowest BCUT2D eigenvalue weighted by atomic mass is 10.2. The first-order valence-electron chi connectivity index (χ1n) is 6.65. The van der Waals surface area contributed by atoms with Gasteiger partial charge in [-0.3, -0.25) is 9.59 Å². The monoisotopic (exact) mass is 299 g/mol. The van der Waals surface area contributed by atoms with Crippen LogP contribution in [0.25, 0.3) is 0 Å². The molecule has 2 unspecified atom stereocenters. The zero-order valence-corrected chi connectivity index (χ0v) is 12.3. The number of ether oxygens (including phenoxy) is 1. The Morgan fingerprint density at radius 3 is 3.05 bits per heavy atom. The highest BCUT2D eigenvalue weighted by Gasteiger charge is 2.36. The van der Waals surface area contributed by atoms with Crippen LogP contribution in [0.1, 0.15) is 26.2 Å². The fraction of sp³-hybridized carbons (Fsp3) is 0.615. The predicted molar refractivity (Wildman–Crippen MR) is 75.9 cm³/mol. The molecule has 0 aromatic carbocycles. The first-order valence-corrected chi connectivity index (χ1v) is 7.03. The second kappa shape index (κ2) is 6.26. The molecule has 1 N–H and O–H groups in total. The van der Waals surface area contributed by atoms with Crippen LogP contribution in [0.3, 0.4) is 0 Å². The lowest BCUT2D eigenvalue weighted by Gasteiger charge is -2.09. The molecule has 1 aliphatic carbocycles. The molecular weight excluding hydrogens is 282 g/mol. The van der Waals surface area contributed by atoms with Gasteiger partial charge in [-0.25, -0.2) is 4.68 Å². The van der Waals surface area contributed by atoms with Crippen molar-refractivity contribution >= 4 is 23.3 Å². The minimum atomic E-state index is -0.540. The number of hydrogen-bond acceptors (Lipinski definition) is 5. The molecule has 1 heterocycles. The van der Waals surface area contributed by atoms with Crippen LogP contribution in [0.2, 0.25) is 5.02 Å². The lowest BCUT2D eigenvalue weighted by Crippen LogP contribution is -2.28. The Bertz CT molecular complexity index is 558. The highest BCUT2D eigenvalue weighted by molar-refractivity contribution is 6.32. The third-order valence-electron chi connectivity index (χ3n) is 3.41. The fourth-order valence-corrected chi connectivity index (χ4v) is 2.38. The molecule has 1 aromatic heterocycles. The molecule has 0 saturated heterocycles. The maximum absolute atomic E-state index is 12.0. The number of nitrogens with one attached hydrogen (secondary N) is 1. The van der Waals surface area contributed by atoms with E-state index in [1.807, 2.05) is 0 Å². The van der Waals surface area contributed by atoms with E-state index in [0.29, 0.717) is 17.6 Å². The average Bonchev–Trinajstić information content (AvgIpc) is 3.16. The van der Waals surface area contributed by atoms with E-state index in [-0.39, 0.29) is 11.6 Å². The summed E-state index contributed by atoms with van der Waals surface area (Å²) in [5, 5.41) is 7.23. The molecule has 110 valence electrons.